The fourth-order valence-electron chi connectivity index (χ4n) is 0.522. The Morgan fingerprint density at radius 3 is 2.83 bits per heavy atom. The average molecular weight is 173 g/mol. The van der Waals surface area contributed by atoms with Crippen molar-refractivity contribution in [3.63, 3.8) is 0 Å². The molecule has 3 nitrogen and oxygen atoms in total. The second-order valence-corrected chi connectivity index (χ2v) is 2.27. The molecule has 0 spiro atoms. The van der Waals surface area contributed by atoms with E-state index in [1.54, 1.807) is 0 Å². The predicted molar refractivity (Wildman–Crippen MR) is 41.8 cm³/mol. The number of alkyl halides is 1. The third-order valence-corrected chi connectivity index (χ3v) is 1.10. The Morgan fingerprint density at radius 1 is 1.67 bits per heavy atom. The molecule has 68 valence electrons. The zero-order valence-electron chi connectivity index (χ0n) is 7.05. The van der Waals surface area contributed by atoms with E-state index in [1.807, 2.05) is 0 Å². The Hall–Kier alpha value is -1.08. The molecule has 0 saturated carbocycles. The van der Waals surface area contributed by atoms with Crippen LogP contribution in [0.5, 0.6) is 0 Å². The van der Waals surface area contributed by atoms with Crippen LogP contribution >= 0.6 is 0 Å². The molecule has 0 saturated heterocycles. The summed E-state index contributed by atoms with van der Waals surface area (Å²) in [5.41, 5.74) is 0. The molecule has 0 N–H and O–H groups in total. The van der Waals surface area contributed by atoms with E-state index in [-0.39, 0.29) is 6.61 Å². The smallest absolute Gasteiger partial charge is 0.294 e. The maximum absolute atomic E-state index is 12.7. The molecular formula is C8H12FNO2. The van der Waals surface area contributed by atoms with Crippen molar-refractivity contribution in [3.8, 4) is 6.07 Å². The maximum Gasteiger partial charge on any atom is 0.294 e. The highest BCUT2D eigenvalue weighted by atomic mass is 19.2. The van der Waals surface area contributed by atoms with E-state index in [0.717, 1.165) is 6.92 Å². The summed E-state index contributed by atoms with van der Waals surface area (Å²) in [7, 11) is 0. The minimum absolute atomic E-state index is 0.161. The molecule has 4 heteroatoms. The van der Waals surface area contributed by atoms with E-state index in [4.69, 9.17) is 10.00 Å². The molecule has 0 amide bonds. The van der Waals surface area contributed by atoms with Crippen molar-refractivity contribution in [3.05, 3.63) is 12.8 Å². The average Bonchev–Trinajstić information content (AvgIpc) is 2.04. The highest BCUT2D eigenvalue weighted by Crippen LogP contribution is 2.09. The Bertz CT molecular complexity index is 174. The van der Waals surface area contributed by atoms with Crippen LogP contribution in [0.1, 0.15) is 13.3 Å². The number of nitriles is 1. The van der Waals surface area contributed by atoms with Crippen molar-refractivity contribution in [1.82, 2.24) is 0 Å². The number of hydrogen-bond acceptors (Lipinski definition) is 3. The van der Waals surface area contributed by atoms with Gasteiger partial charge in [-0.1, -0.05) is 6.58 Å². The Kier molecular flexibility index (Phi) is 5.06. The third kappa shape index (κ3) is 5.69. The van der Waals surface area contributed by atoms with Gasteiger partial charge in [0.15, 0.2) is 0 Å². The minimum atomic E-state index is -2.19. The molecule has 12 heavy (non-hydrogen) atoms. The predicted octanol–water partition coefficient (Wildman–Crippen LogP) is 1.76. The topological polar surface area (TPSA) is 42.2 Å². The summed E-state index contributed by atoms with van der Waals surface area (Å²) in [6.07, 6.45) is 1.84. The van der Waals surface area contributed by atoms with Crippen molar-refractivity contribution >= 4 is 0 Å². The summed E-state index contributed by atoms with van der Waals surface area (Å²) < 4.78 is 22.0. The van der Waals surface area contributed by atoms with Crippen LogP contribution in [0.15, 0.2) is 12.8 Å². The fraction of sp³-hybridized carbons (Fsp3) is 0.625. The summed E-state index contributed by atoms with van der Waals surface area (Å²) in [5.74, 6) is -2.19. The summed E-state index contributed by atoms with van der Waals surface area (Å²) in [6, 6.07) is 1.38. The summed E-state index contributed by atoms with van der Waals surface area (Å²) in [6.45, 7) is 4.99. The Morgan fingerprint density at radius 2 is 2.33 bits per heavy atom. The monoisotopic (exact) mass is 173 g/mol. The van der Waals surface area contributed by atoms with Crippen LogP contribution in [-0.2, 0) is 9.47 Å². The number of ether oxygens (including phenoxy) is 2. The van der Waals surface area contributed by atoms with Crippen LogP contribution in [0.4, 0.5) is 4.39 Å². The van der Waals surface area contributed by atoms with Gasteiger partial charge < -0.3 is 9.47 Å². The molecule has 1 unspecified atom stereocenters. The van der Waals surface area contributed by atoms with E-state index in [0.29, 0.717) is 13.0 Å². The number of hydrogen-bond donors (Lipinski definition) is 0. The molecule has 0 rings (SSSR count). The largest absolute Gasteiger partial charge is 0.502 e. The number of halogens is 1. The lowest BCUT2D eigenvalue weighted by molar-refractivity contribution is -0.0884. The molecule has 0 bridgehead atoms. The second kappa shape index (κ2) is 5.56. The first-order valence-electron chi connectivity index (χ1n) is 3.59. The lowest BCUT2D eigenvalue weighted by Gasteiger charge is -2.11. The molecule has 0 aliphatic carbocycles. The highest BCUT2D eigenvalue weighted by Gasteiger charge is 2.21. The molecule has 0 fully saturated rings. The zero-order chi connectivity index (χ0) is 9.45. The van der Waals surface area contributed by atoms with Gasteiger partial charge in [0.1, 0.15) is 6.07 Å². The lowest BCUT2D eigenvalue weighted by atomic mass is 10.4. The summed E-state index contributed by atoms with van der Waals surface area (Å²) in [5, 5.41) is 8.20. The fourth-order valence-corrected chi connectivity index (χ4v) is 0.522. The van der Waals surface area contributed by atoms with Gasteiger partial charge in [-0.05, 0) is 0 Å². The van der Waals surface area contributed by atoms with Gasteiger partial charge in [0.25, 0.3) is 5.85 Å². The minimum Gasteiger partial charge on any atom is -0.502 e. The first kappa shape index (κ1) is 10.9. The van der Waals surface area contributed by atoms with Gasteiger partial charge in [-0.2, -0.15) is 9.65 Å². The van der Waals surface area contributed by atoms with Crippen molar-refractivity contribution in [2.24, 2.45) is 0 Å². The number of nitrogens with zero attached hydrogens (tertiary/aromatic N) is 1. The zero-order valence-corrected chi connectivity index (χ0v) is 7.05. The maximum atomic E-state index is 12.7. The standard InChI is InChI=1S/C8H12FNO2/c1-3-11-5-4-6-12-8(2,9)7-10/h3H,1,4-6H2,2H3. The van der Waals surface area contributed by atoms with Gasteiger partial charge in [-0.25, -0.2) is 0 Å². The van der Waals surface area contributed by atoms with Gasteiger partial charge in [-0.15, -0.1) is 0 Å². The molecule has 0 aromatic carbocycles. The SMILES string of the molecule is C=COCCCOC(C)(F)C#N. The second-order valence-electron chi connectivity index (χ2n) is 2.27. The Balaban J connectivity index is 3.32. The first-order chi connectivity index (χ1) is 5.62. The molecule has 1 atom stereocenters. The van der Waals surface area contributed by atoms with Crippen LogP contribution in [0.25, 0.3) is 0 Å². The van der Waals surface area contributed by atoms with Crippen molar-refractivity contribution in [2.75, 3.05) is 13.2 Å². The number of rotatable bonds is 6. The molecule has 0 heterocycles. The molecule has 0 aliphatic heterocycles. The Labute approximate surface area is 71.4 Å². The van der Waals surface area contributed by atoms with Crippen LogP contribution in [0, 0.1) is 11.3 Å². The van der Waals surface area contributed by atoms with E-state index in [2.05, 4.69) is 11.3 Å². The quantitative estimate of drug-likeness (QED) is 0.454. The molecular weight excluding hydrogens is 161 g/mol. The summed E-state index contributed by atoms with van der Waals surface area (Å²) >= 11 is 0. The molecule has 0 aromatic rings. The van der Waals surface area contributed by atoms with Gasteiger partial charge in [0.05, 0.1) is 19.5 Å². The normalized spacial score (nSPS) is 14.4. The lowest BCUT2D eigenvalue weighted by Crippen LogP contribution is -2.20. The van der Waals surface area contributed by atoms with Gasteiger partial charge in [-0.3, -0.25) is 0 Å². The third-order valence-electron chi connectivity index (χ3n) is 1.10. The van der Waals surface area contributed by atoms with Crippen LogP contribution in [0.2, 0.25) is 0 Å². The van der Waals surface area contributed by atoms with Crippen LogP contribution in [0.3, 0.4) is 0 Å². The van der Waals surface area contributed by atoms with E-state index in [9.17, 15) is 4.39 Å². The molecule has 0 radical (unpaired) electrons. The van der Waals surface area contributed by atoms with Crippen molar-refractivity contribution in [2.45, 2.75) is 19.2 Å². The molecule has 0 aliphatic rings. The van der Waals surface area contributed by atoms with Crippen LogP contribution in [-0.4, -0.2) is 19.1 Å². The summed E-state index contributed by atoms with van der Waals surface area (Å²) in [4.78, 5) is 0. The molecule has 0 aromatic heterocycles. The first-order valence-corrected chi connectivity index (χ1v) is 3.59. The van der Waals surface area contributed by atoms with Crippen molar-refractivity contribution in [1.29, 1.82) is 5.26 Å². The van der Waals surface area contributed by atoms with Crippen LogP contribution < -0.4 is 0 Å². The van der Waals surface area contributed by atoms with Crippen molar-refractivity contribution < 1.29 is 13.9 Å². The van der Waals surface area contributed by atoms with E-state index >= 15 is 0 Å². The van der Waals surface area contributed by atoms with E-state index in [1.165, 1.54) is 12.3 Å². The van der Waals surface area contributed by atoms with Gasteiger partial charge in [0.2, 0.25) is 0 Å². The van der Waals surface area contributed by atoms with Gasteiger partial charge in [0, 0.05) is 13.3 Å². The van der Waals surface area contributed by atoms with Gasteiger partial charge >= 0.3 is 0 Å². The van der Waals surface area contributed by atoms with E-state index < -0.39 is 5.85 Å². The highest BCUT2D eigenvalue weighted by molar-refractivity contribution is 4.88.